The zero-order chi connectivity index (χ0) is 21.1. The number of para-hydroxylation sites is 1. The summed E-state index contributed by atoms with van der Waals surface area (Å²) in [7, 11) is 0. The SMILES string of the molecule is O=C(Nc1nc2ccccc2s1)N1CCN(c2ncc(C[C@@H](O)CO)cc2F)CC1. The van der Waals surface area contributed by atoms with E-state index in [2.05, 4.69) is 15.3 Å². The number of hydrogen-bond acceptors (Lipinski definition) is 7. The Labute approximate surface area is 176 Å². The quantitative estimate of drug-likeness (QED) is 0.572. The van der Waals surface area contributed by atoms with E-state index < -0.39 is 11.9 Å². The number of benzene rings is 1. The Balaban J connectivity index is 1.34. The summed E-state index contributed by atoms with van der Waals surface area (Å²) in [4.78, 5) is 24.6. The maximum atomic E-state index is 14.5. The molecule has 0 aliphatic carbocycles. The number of urea groups is 1. The summed E-state index contributed by atoms with van der Waals surface area (Å²) >= 11 is 1.42. The summed E-state index contributed by atoms with van der Waals surface area (Å²) < 4.78 is 15.5. The molecule has 0 spiro atoms. The van der Waals surface area contributed by atoms with Crippen LogP contribution in [-0.2, 0) is 6.42 Å². The fraction of sp³-hybridized carbons (Fsp3) is 0.350. The van der Waals surface area contributed by atoms with Crippen LogP contribution in [0, 0.1) is 5.82 Å². The van der Waals surface area contributed by atoms with Gasteiger partial charge in [0, 0.05) is 38.8 Å². The number of piperazine rings is 1. The summed E-state index contributed by atoms with van der Waals surface area (Å²) in [5, 5.41) is 21.8. The van der Waals surface area contributed by atoms with E-state index >= 15 is 0 Å². The Bertz CT molecular complexity index is 1010. The van der Waals surface area contributed by atoms with Gasteiger partial charge in [0.2, 0.25) is 0 Å². The zero-order valence-electron chi connectivity index (χ0n) is 16.2. The lowest BCUT2D eigenvalue weighted by Gasteiger charge is -2.35. The molecular formula is C20H22FN5O3S. The standard InChI is InChI=1S/C20H22FN5O3S/c21-15-10-13(9-14(28)12-27)11-22-18(15)25-5-7-26(8-6-25)20(29)24-19-23-16-3-1-2-4-17(16)30-19/h1-4,10-11,14,27-28H,5-9,12H2,(H,23,24,29)/t14-/m1/s1. The van der Waals surface area contributed by atoms with Crippen LogP contribution < -0.4 is 10.2 Å². The summed E-state index contributed by atoms with van der Waals surface area (Å²) in [5.41, 5.74) is 1.37. The second-order valence-corrected chi connectivity index (χ2v) is 8.11. The van der Waals surface area contributed by atoms with Gasteiger partial charge in [0.15, 0.2) is 16.8 Å². The maximum absolute atomic E-state index is 14.5. The largest absolute Gasteiger partial charge is 0.394 e. The molecule has 4 rings (SSSR count). The van der Waals surface area contributed by atoms with Crippen molar-refractivity contribution in [1.82, 2.24) is 14.9 Å². The molecule has 30 heavy (non-hydrogen) atoms. The van der Waals surface area contributed by atoms with Crippen LogP contribution in [0.25, 0.3) is 10.2 Å². The number of carbonyl (C=O) groups is 1. The number of aliphatic hydroxyl groups is 2. The van der Waals surface area contributed by atoms with Gasteiger partial charge < -0.3 is 20.0 Å². The highest BCUT2D eigenvalue weighted by molar-refractivity contribution is 7.22. The van der Waals surface area contributed by atoms with E-state index in [4.69, 9.17) is 5.11 Å². The van der Waals surface area contributed by atoms with Crippen molar-refractivity contribution in [2.24, 2.45) is 0 Å². The van der Waals surface area contributed by atoms with Gasteiger partial charge in [-0.3, -0.25) is 5.32 Å². The van der Waals surface area contributed by atoms with Crippen molar-refractivity contribution in [1.29, 1.82) is 0 Å². The van der Waals surface area contributed by atoms with Gasteiger partial charge in [0.25, 0.3) is 0 Å². The molecule has 1 saturated heterocycles. The number of thiazole rings is 1. The first kappa shape index (κ1) is 20.5. The Morgan fingerprint density at radius 2 is 2.03 bits per heavy atom. The van der Waals surface area contributed by atoms with Crippen molar-refractivity contribution in [3.05, 3.63) is 47.9 Å². The van der Waals surface area contributed by atoms with Crippen LogP contribution in [0.3, 0.4) is 0 Å². The van der Waals surface area contributed by atoms with E-state index in [1.165, 1.54) is 23.6 Å². The van der Waals surface area contributed by atoms with Crippen LogP contribution in [0.5, 0.6) is 0 Å². The van der Waals surface area contributed by atoms with Gasteiger partial charge >= 0.3 is 6.03 Å². The third-order valence-electron chi connectivity index (χ3n) is 4.93. The number of anilines is 2. The monoisotopic (exact) mass is 431 g/mol. The van der Waals surface area contributed by atoms with Gasteiger partial charge in [-0.2, -0.15) is 0 Å². The summed E-state index contributed by atoms with van der Waals surface area (Å²) in [6.07, 6.45) is 0.707. The van der Waals surface area contributed by atoms with E-state index in [1.807, 2.05) is 24.3 Å². The van der Waals surface area contributed by atoms with Crippen LogP contribution >= 0.6 is 11.3 Å². The lowest BCUT2D eigenvalue weighted by molar-refractivity contribution is 0.0954. The predicted octanol–water partition coefficient (Wildman–Crippen LogP) is 2.08. The molecule has 1 atom stereocenters. The van der Waals surface area contributed by atoms with Crippen molar-refractivity contribution in [2.45, 2.75) is 12.5 Å². The molecule has 0 bridgehead atoms. The second kappa shape index (κ2) is 8.90. The third kappa shape index (κ3) is 4.50. The summed E-state index contributed by atoms with van der Waals surface area (Å²) in [5.74, 6) is -0.256. The van der Waals surface area contributed by atoms with Crippen molar-refractivity contribution in [3.8, 4) is 0 Å². The number of fused-ring (bicyclic) bond motifs is 1. The maximum Gasteiger partial charge on any atom is 0.323 e. The molecule has 1 fully saturated rings. The normalized spacial score (nSPS) is 15.4. The molecule has 8 nitrogen and oxygen atoms in total. The fourth-order valence-corrected chi connectivity index (χ4v) is 4.22. The summed E-state index contributed by atoms with van der Waals surface area (Å²) in [6, 6.07) is 8.79. The Morgan fingerprint density at radius 3 is 2.73 bits per heavy atom. The number of aliphatic hydroxyl groups excluding tert-OH is 2. The first-order valence-electron chi connectivity index (χ1n) is 9.63. The van der Waals surface area contributed by atoms with E-state index in [0.717, 1.165) is 10.2 Å². The highest BCUT2D eigenvalue weighted by atomic mass is 32.1. The molecule has 1 aliphatic rings. The van der Waals surface area contributed by atoms with E-state index in [-0.39, 0.29) is 24.9 Å². The summed E-state index contributed by atoms with van der Waals surface area (Å²) in [6.45, 7) is 1.39. The van der Waals surface area contributed by atoms with Crippen LogP contribution in [0.2, 0.25) is 0 Å². The molecule has 0 unspecified atom stereocenters. The number of rotatable bonds is 5. The van der Waals surface area contributed by atoms with Crippen LogP contribution in [0.4, 0.5) is 20.1 Å². The molecule has 3 N–H and O–H groups in total. The van der Waals surface area contributed by atoms with Crippen molar-refractivity contribution < 1.29 is 19.4 Å². The van der Waals surface area contributed by atoms with E-state index in [1.54, 1.807) is 9.80 Å². The molecule has 2 amide bonds. The van der Waals surface area contributed by atoms with Crippen molar-refractivity contribution >= 4 is 38.5 Å². The molecule has 0 saturated carbocycles. The van der Waals surface area contributed by atoms with Crippen molar-refractivity contribution in [3.63, 3.8) is 0 Å². The van der Waals surface area contributed by atoms with Gasteiger partial charge in [0.1, 0.15) is 0 Å². The molecule has 158 valence electrons. The highest BCUT2D eigenvalue weighted by Crippen LogP contribution is 2.26. The molecule has 3 heterocycles. The van der Waals surface area contributed by atoms with Gasteiger partial charge in [-0.05, 0) is 23.8 Å². The average molecular weight is 431 g/mol. The first-order chi connectivity index (χ1) is 14.5. The molecule has 3 aromatic rings. The first-order valence-corrected chi connectivity index (χ1v) is 10.4. The number of amides is 2. The number of halogens is 1. The van der Waals surface area contributed by atoms with Gasteiger partial charge in [-0.25, -0.2) is 19.2 Å². The van der Waals surface area contributed by atoms with E-state index in [9.17, 15) is 14.3 Å². The van der Waals surface area contributed by atoms with Crippen LogP contribution in [0.15, 0.2) is 36.5 Å². The lowest BCUT2D eigenvalue weighted by Crippen LogP contribution is -2.50. The number of nitrogens with zero attached hydrogens (tertiary/aromatic N) is 4. The van der Waals surface area contributed by atoms with Gasteiger partial charge in [-0.15, -0.1) is 0 Å². The number of nitrogens with one attached hydrogen (secondary N) is 1. The number of aromatic nitrogens is 2. The third-order valence-corrected chi connectivity index (χ3v) is 5.89. The minimum atomic E-state index is -0.936. The second-order valence-electron chi connectivity index (χ2n) is 7.08. The number of hydrogen-bond donors (Lipinski definition) is 3. The molecule has 0 radical (unpaired) electrons. The average Bonchev–Trinajstić information content (AvgIpc) is 3.16. The highest BCUT2D eigenvalue weighted by Gasteiger charge is 2.24. The zero-order valence-corrected chi connectivity index (χ0v) is 17.0. The smallest absolute Gasteiger partial charge is 0.323 e. The van der Waals surface area contributed by atoms with E-state index in [0.29, 0.717) is 36.9 Å². The minimum absolute atomic E-state index is 0.139. The van der Waals surface area contributed by atoms with Crippen molar-refractivity contribution in [2.75, 3.05) is 43.0 Å². The number of carbonyl (C=O) groups excluding carboxylic acids is 1. The van der Waals surface area contributed by atoms with Gasteiger partial charge in [-0.1, -0.05) is 23.5 Å². The Kier molecular flexibility index (Phi) is 6.07. The van der Waals surface area contributed by atoms with Crippen LogP contribution in [0.1, 0.15) is 5.56 Å². The fourth-order valence-electron chi connectivity index (χ4n) is 3.37. The lowest BCUT2D eigenvalue weighted by atomic mass is 10.1. The molecule has 10 heteroatoms. The Morgan fingerprint density at radius 1 is 1.27 bits per heavy atom. The van der Waals surface area contributed by atoms with Gasteiger partial charge in [0.05, 0.1) is 22.9 Å². The topological polar surface area (TPSA) is 102 Å². The molecular weight excluding hydrogens is 409 g/mol. The Hall–Kier alpha value is -2.82. The predicted molar refractivity (Wildman–Crippen MR) is 113 cm³/mol. The molecule has 1 aliphatic heterocycles. The molecule has 2 aromatic heterocycles. The van der Waals surface area contributed by atoms with Crippen LogP contribution in [-0.4, -0.2) is 70.0 Å². The molecule has 1 aromatic carbocycles. The number of pyridine rings is 1. The minimum Gasteiger partial charge on any atom is -0.394 e.